The number of hydrogen-bond donors (Lipinski definition) is 3. The smallest absolute Gasteiger partial charge is 0.243 e. The van der Waals surface area contributed by atoms with Crippen molar-refractivity contribution in [3.63, 3.8) is 0 Å². The molecular formula is C16H25ClN4O4S. The van der Waals surface area contributed by atoms with Crippen LogP contribution in [0.1, 0.15) is 19.8 Å². The second-order valence-corrected chi connectivity index (χ2v) is 8.12. The van der Waals surface area contributed by atoms with Gasteiger partial charge in [0.25, 0.3) is 0 Å². The molecule has 2 amide bonds. The molecule has 1 saturated heterocycles. The molecule has 1 aliphatic heterocycles. The van der Waals surface area contributed by atoms with Gasteiger partial charge in [-0.3, -0.25) is 9.59 Å². The fraction of sp³-hybridized carbons (Fsp3) is 0.500. The van der Waals surface area contributed by atoms with E-state index in [1.54, 1.807) is 0 Å². The molecule has 1 fully saturated rings. The van der Waals surface area contributed by atoms with E-state index in [0.29, 0.717) is 12.2 Å². The normalized spacial score (nSPS) is 17.3. The van der Waals surface area contributed by atoms with Crippen molar-refractivity contribution in [1.82, 2.24) is 14.9 Å². The number of hydrogen-bond acceptors (Lipinski definition) is 5. The van der Waals surface area contributed by atoms with Crippen molar-refractivity contribution in [2.45, 2.75) is 30.7 Å². The maximum Gasteiger partial charge on any atom is 0.243 e. The van der Waals surface area contributed by atoms with Crippen molar-refractivity contribution in [3.8, 4) is 0 Å². The minimum absolute atomic E-state index is 0. The largest absolute Gasteiger partial charge is 0.351 e. The minimum Gasteiger partial charge on any atom is -0.351 e. The van der Waals surface area contributed by atoms with E-state index >= 15 is 0 Å². The van der Waals surface area contributed by atoms with Gasteiger partial charge < -0.3 is 16.0 Å². The molecular weight excluding hydrogens is 380 g/mol. The number of rotatable bonds is 6. The molecule has 146 valence electrons. The number of carbonyl (C=O) groups excluding carboxylic acids is 2. The van der Waals surface area contributed by atoms with E-state index in [1.807, 2.05) is 0 Å². The fourth-order valence-corrected chi connectivity index (χ4v) is 3.76. The molecule has 2 rings (SSSR count). The van der Waals surface area contributed by atoms with Crippen LogP contribution in [0.15, 0.2) is 29.2 Å². The van der Waals surface area contributed by atoms with Crippen molar-refractivity contribution >= 4 is 39.9 Å². The number of sulfonamides is 1. The molecule has 0 saturated carbocycles. The maximum absolute atomic E-state index is 12.5. The van der Waals surface area contributed by atoms with Gasteiger partial charge in [0.15, 0.2) is 0 Å². The van der Waals surface area contributed by atoms with E-state index in [4.69, 9.17) is 0 Å². The molecule has 1 aliphatic rings. The summed E-state index contributed by atoms with van der Waals surface area (Å²) >= 11 is 0. The molecule has 0 unspecified atom stereocenters. The van der Waals surface area contributed by atoms with Crippen molar-refractivity contribution in [2.24, 2.45) is 0 Å². The van der Waals surface area contributed by atoms with E-state index in [0.717, 1.165) is 23.7 Å². The Hall–Kier alpha value is -1.68. The Morgan fingerprint density at radius 1 is 1.27 bits per heavy atom. The van der Waals surface area contributed by atoms with Crippen LogP contribution in [0.25, 0.3) is 0 Å². The van der Waals surface area contributed by atoms with Crippen LogP contribution in [0.5, 0.6) is 0 Å². The molecule has 8 nitrogen and oxygen atoms in total. The Morgan fingerprint density at radius 3 is 2.46 bits per heavy atom. The second kappa shape index (κ2) is 9.86. The number of likely N-dealkylation sites (N-methyl/N-ethyl adjacent to an activating group) is 1. The summed E-state index contributed by atoms with van der Waals surface area (Å²) in [4.78, 5) is 23.2. The number of nitrogens with one attached hydrogen (secondary N) is 3. The number of amides is 2. The molecule has 3 N–H and O–H groups in total. The molecule has 0 spiro atoms. The average molecular weight is 405 g/mol. The van der Waals surface area contributed by atoms with Crippen LogP contribution in [0.3, 0.4) is 0 Å². The number of benzene rings is 1. The van der Waals surface area contributed by atoms with E-state index in [9.17, 15) is 18.0 Å². The summed E-state index contributed by atoms with van der Waals surface area (Å²) in [5, 5.41) is 8.61. The highest BCUT2D eigenvalue weighted by Gasteiger charge is 2.24. The van der Waals surface area contributed by atoms with Crippen molar-refractivity contribution in [3.05, 3.63) is 24.3 Å². The minimum atomic E-state index is -3.78. The Balaban J connectivity index is 0.00000338. The third-order valence-electron chi connectivity index (χ3n) is 3.91. The van der Waals surface area contributed by atoms with E-state index in [1.165, 1.54) is 38.2 Å². The predicted molar refractivity (Wildman–Crippen MR) is 102 cm³/mol. The molecule has 0 bridgehead atoms. The van der Waals surface area contributed by atoms with Gasteiger partial charge in [0.05, 0.1) is 11.4 Å². The van der Waals surface area contributed by atoms with Crippen molar-refractivity contribution in [1.29, 1.82) is 0 Å². The van der Waals surface area contributed by atoms with Crippen LogP contribution < -0.4 is 16.0 Å². The number of halogens is 1. The number of nitrogens with zero attached hydrogens (tertiary/aromatic N) is 1. The summed E-state index contributed by atoms with van der Waals surface area (Å²) in [6.07, 6.45) is 1.87. The molecule has 10 heteroatoms. The molecule has 0 radical (unpaired) electrons. The second-order valence-electron chi connectivity index (χ2n) is 6.08. The predicted octanol–water partition coefficient (Wildman–Crippen LogP) is 0.556. The number of carbonyl (C=O) groups is 2. The lowest BCUT2D eigenvalue weighted by Gasteiger charge is -2.25. The van der Waals surface area contributed by atoms with Crippen LogP contribution in [-0.4, -0.2) is 57.3 Å². The first-order valence-electron chi connectivity index (χ1n) is 8.13. The van der Waals surface area contributed by atoms with Gasteiger partial charge in [-0.25, -0.2) is 8.42 Å². The Bertz CT molecular complexity index is 718. The van der Waals surface area contributed by atoms with Crippen LogP contribution in [0, 0.1) is 0 Å². The zero-order chi connectivity index (χ0) is 18.4. The standard InChI is InChI=1S/C16H24N4O4S.ClH/c1-12(21)18-13-5-7-15(8-6-13)25(23,24)20(2)11-16(22)19-14-4-3-9-17-10-14;/h5-8,14,17H,3-4,9-11H2,1-2H3,(H,18,21)(H,19,22);1H/t14-;/m0./s1. The molecule has 1 atom stereocenters. The summed E-state index contributed by atoms with van der Waals surface area (Å²) in [6, 6.07) is 5.86. The van der Waals surface area contributed by atoms with Gasteiger partial charge in [0.1, 0.15) is 0 Å². The number of anilines is 1. The third-order valence-corrected chi connectivity index (χ3v) is 5.73. The summed E-state index contributed by atoms with van der Waals surface area (Å²) in [5.41, 5.74) is 0.511. The first-order valence-corrected chi connectivity index (χ1v) is 9.57. The monoisotopic (exact) mass is 404 g/mol. The van der Waals surface area contributed by atoms with Gasteiger partial charge in [-0.15, -0.1) is 12.4 Å². The molecule has 1 aromatic rings. The van der Waals surface area contributed by atoms with Crippen LogP contribution >= 0.6 is 12.4 Å². The third kappa shape index (κ3) is 6.24. The topological polar surface area (TPSA) is 108 Å². The van der Waals surface area contributed by atoms with Gasteiger partial charge in [0, 0.05) is 32.2 Å². The van der Waals surface area contributed by atoms with Gasteiger partial charge in [0.2, 0.25) is 21.8 Å². The lowest BCUT2D eigenvalue weighted by molar-refractivity contribution is -0.122. The van der Waals surface area contributed by atoms with Crippen LogP contribution in [-0.2, 0) is 19.6 Å². The average Bonchev–Trinajstić information content (AvgIpc) is 2.55. The molecule has 0 aliphatic carbocycles. The number of piperidine rings is 1. The van der Waals surface area contributed by atoms with Crippen LogP contribution in [0.2, 0.25) is 0 Å². The van der Waals surface area contributed by atoms with Gasteiger partial charge in [-0.2, -0.15) is 4.31 Å². The van der Waals surface area contributed by atoms with Gasteiger partial charge in [-0.05, 0) is 43.7 Å². The first-order chi connectivity index (χ1) is 11.8. The zero-order valence-electron chi connectivity index (χ0n) is 14.8. The molecule has 1 aromatic carbocycles. The molecule has 1 heterocycles. The maximum atomic E-state index is 12.5. The highest BCUT2D eigenvalue weighted by atomic mass is 35.5. The van der Waals surface area contributed by atoms with Crippen molar-refractivity contribution < 1.29 is 18.0 Å². The Labute approximate surface area is 160 Å². The zero-order valence-corrected chi connectivity index (χ0v) is 16.5. The first kappa shape index (κ1) is 22.4. The van der Waals surface area contributed by atoms with E-state index < -0.39 is 10.0 Å². The molecule has 0 aromatic heterocycles. The summed E-state index contributed by atoms with van der Waals surface area (Å²) in [6.45, 7) is 2.77. The Morgan fingerprint density at radius 2 is 1.92 bits per heavy atom. The van der Waals surface area contributed by atoms with Gasteiger partial charge >= 0.3 is 0 Å². The highest BCUT2D eigenvalue weighted by molar-refractivity contribution is 7.89. The highest BCUT2D eigenvalue weighted by Crippen LogP contribution is 2.17. The van der Waals surface area contributed by atoms with Crippen molar-refractivity contribution in [2.75, 3.05) is 32.0 Å². The van der Waals surface area contributed by atoms with Gasteiger partial charge in [-0.1, -0.05) is 0 Å². The van der Waals surface area contributed by atoms with E-state index in [-0.39, 0.29) is 41.7 Å². The quantitative estimate of drug-likeness (QED) is 0.642. The molecule has 26 heavy (non-hydrogen) atoms. The summed E-state index contributed by atoms with van der Waals surface area (Å²) < 4.78 is 26.1. The van der Waals surface area contributed by atoms with E-state index in [2.05, 4.69) is 16.0 Å². The SMILES string of the molecule is CC(=O)Nc1ccc(S(=O)(=O)N(C)CC(=O)N[C@H]2CCCNC2)cc1.Cl. The lowest BCUT2D eigenvalue weighted by atomic mass is 10.1. The fourth-order valence-electron chi connectivity index (χ4n) is 2.63. The summed E-state index contributed by atoms with van der Waals surface area (Å²) in [7, 11) is -2.41. The Kier molecular flexibility index (Phi) is 8.48. The lowest BCUT2D eigenvalue weighted by Crippen LogP contribution is -2.48. The van der Waals surface area contributed by atoms with Crippen LogP contribution in [0.4, 0.5) is 5.69 Å². The summed E-state index contributed by atoms with van der Waals surface area (Å²) in [5.74, 6) is -0.559.